The Kier molecular flexibility index (Phi) is 6.09. The summed E-state index contributed by atoms with van der Waals surface area (Å²) in [6.45, 7) is 8.56. The molecular weight excluding hydrogens is 226 g/mol. The Balaban J connectivity index is 2.52. The number of hydrogen-bond acceptors (Lipinski definition) is 3. The van der Waals surface area contributed by atoms with Crippen LogP contribution < -0.4 is 5.73 Å². The zero-order valence-corrected chi connectivity index (χ0v) is 12.5. The molecule has 0 amide bonds. The Morgan fingerprint density at radius 2 is 2.00 bits per heavy atom. The number of hydrogen-bond donors (Lipinski definition) is 2. The lowest BCUT2D eigenvalue weighted by Gasteiger charge is -2.37. The van der Waals surface area contributed by atoms with Gasteiger partial charge in [-0.15, -0.1) is 0 Å². The van der Waals surface area contributed by atoms with E-state index in [0.717, 1.165) is 18.8 Å². The van der Waals surface area contributed by atoms with Crippen LogP contribution in [0.2, 0.25) is 0 Å². The summed E-state index contributed by atoms with van der Waals surface area (Å²) >= 11 is 0. The van der Waals surface area contributed by atoms with Crippen LogP contribution in [0.5, 0.6) is 0 Å². The van der Waals surface area contributed by atoms with E-state index in [1.54, 1.807) is 0 Å². The van der Waals surface area contributed by atoms with Crippen LogP contribution in [-0.4, -0.2) is 30.0 Å². The van der Waals surface area contributed by atoms with Gasteiger partial charge in [-0.05, 0) is 24.2 Å². The molecule has 0 saturated heterocycles. The number of nitrogens with two attached hydrogens (primary N) is 1. The molecule has 1 aliphatic carbocycles. The molecule has 1 aliphatic rings. The highest BCUT2D eigenvalue weighted by Crippen LogP contribution is 2.30. The van der Waals surface area contributed by atoms with Crippen molar-refractivity contribution in [1.82, 2.24) is 0 Å². The number of aliphatic hydroxyl groups excluding tert-OH is 1. The van der Waals surface area contributed by atoms with Crippen molar-refractivity contribution in [1.29, 1.82) is 0 Å². The lowest BCUT2D eigenvalue weighted by molar-refractivity contribution is -0.0852. The van der Waals surface area contributed by atoms with Crippen LogP contribution in [0.15, 0.2) is 0 Å². The largest absolute Gasteiger partial charge is 0.394 e. The van der Waals surface area contributed by atoms with Gasteiger partial charge >= 0.3 is 0 Å². The molecule has 3 heteroatoms. The first kappa shape index (κ1) is 15.9. The highest BCUT2D eigenvalue weighted by molar-refractivity contribution is 4.86. The van der Waals surface area contributed by atoms with Crippen LogP contribution in [-0.2, 0) is 4.74 Å². The van der Waals surface area contributed by atoms with Gasteiger partial charge in [0, 0.05) is 6.04 Å². The second-order valence-electron chi connectivity index (χ2n) is 6.81. The summed E-state index contributed by atoms with van der Waals surface area (Å²) in [5, 5.41) is 9.51. The fraction of sp³-hybridized carbons (Fsp3) is 1.00. The van der Waals surface area contributed by atoms with E-state index in [0.29, 0.717) is 0 Å². The minimum Gasteiger partial charge on any atom is -0.394 e. The third kappa shape index (κ3) is 4.52. The third-order valence-corrected chi connectivity index (χ3v) is 4.26. The molecule has 0 aromatic rings. The molecule has 3 nitrogen and oxygen atoms in total. The minimum atomic E-state index is -0.231. The zero-order chi connectivity index (χ0) is 13.8. The van der Waals surface area contributed by atoms with Gasteiger partial charge in [0.1, 0.15) is 0 Å². The summed E-state index contributed by atoms with van der Waals surface area (Å²) in [5.41, 5.74) is 6.17. The smallest absolute Gasteiger partial charge is 0.0964 e. The van der Waals surface area contributed by atoms with E-state index >= 15 is 0 Å². The average molecular weight is 257 g/mol. The van der Waals surface area contributed by atoms with E-state index in [9.17, 15) is 5.11 Å². The van der Waals surface area contributed by atoms with Gasteiger partial charge in [-0.3, -0.25) is 0 Å². The van der Waals surface area contributed by atoms with Gasteiger partial charge in [-0.25, -0.2) is 0 Å². The number of ether oxygens (including phenoxy) is 1. The first-order chi connectivity index (χ1) is 8.38. The van der Waals surface area contributed by atoms with Crippen LogP contribution in [0.4, 0.5) is 0 Å². The molecule has 108 valence electrons. The summed E-state index contributed by atoms with van der Waals surface area (Å²) in [5.74, 6) is 0.786. The average Bonchev–Trinajstić information content (AvgIpc) is 2.34. The van der Waals surface area contributed by atoms with E-state index in [2.05, 4.69) is 27.7 Å². The molecule has 0 radical (unpaired) electrons. The SMILES string of the molecule is CCC1CCCC(OC(CO)C(N)C(C)(C)C)C1. The van der Waals surface area contributed by atoms with Gasteiger partial charge in [-0.2, -0.15) is 0 Å². The molecule has 0 spiro atoms. The molecule has 4 atom stereocenters. The van der Waals surface area contributed by atoms with Crippen LogP contribution in [0, 0.1) is 11.3 Å². The fourth-order valence-corrected chi connectivity index (χ4v) is 2.78. The molecule has 3 N–H and O–H groups in total. The van der Waals surface area contributed by atoms with Crippen molar-refractivity contribution in [2.45, 2.75) is 78.0 Å². The topological polar surface area (TPSA) is 55.5 Å². The molecule has 0 bridgehead atoms. The van der Waals surface area contributed by atoms with Crippen molar-refractivity contribution in [3.63, 3.8) is 0 Å². The Hall–Kier alpha value is -0.120. The fourth-order valence-electron chi connectivity index (χ4n) is 2.78. The molecule has 0 aromatic heterocycles. The zero-order valence-electron chi connectivity index (χ0n) is 12.5. The Labute approximate surface area is 112 Å². The second-order valence-corrected chi connectivity index (χ2v) is 6.81. The van der Waals surface area contributed by atoms with Gasteiger partial charge in [0.05, 0.1) is 18.8 Å². The molecule has 0 aliphatic heterocycles. The van der Waals surface area contributed by atoms with Gasteiger partial charge in [0.25, 0.3) is 0 Å². The normalized spacial score (nSPS) is 29.0. The first-order valence-corrected chi connectivity index (χ1v) is 7.40. The predicted molar refractivity (Wildman–Crippen MR) is 75.4 cm³/mol. The summed E-state index contributed by atoms with van der Waals surface area (Å²) in [7, 11) is 0. The van der Waals surface area contributed by atoms with Crippen LogP contribution in [0.3, 0.4) is 0 Å². The molecule has 1 rings (SSSR count). The van der Waals surface area contributed by atoms with Crippen molar-refractivity contribution in [2.24, 2.45) is 17.1 Å². The predicted octanol–water partition coefficient (Wildman–Crippen LogP) is 2.71. The van der Waals surface area contributed by atoms with E-state index in [4.69, 9.17) is 10.5 Å². The molecule has 0 aromatic carbocycles. The highest BCUT2D eigenvalue weighted by atomic mass is 16.5. The van der Waals surface area contributed by atoms with Crippen molar-refractivity contribution in [2.75, 3.05) is 6.61 Å². The van der Waals surface area contributed by atoms with Crippen LogP contribution in [0.25, 0.3) is 0 Å². The molecule has 18 heavy (non-hydrogen) atoms. The van der Waals surface area contributed by atoms with Crippen molar-refractivity contribution >= 4 is 0 Å². The third-order valence-electron chi connectivity index (χ3n) is 4.26. The van der Waals surface area contributed by atoms with E-state index in [1.165, 1.54) is 19.3 Å². The van der Waals surface area contributed by atoms with Gasteiger partial charge in [0.15, 0.2) is 0 Å². The van der Waals surface area contributed by atoms with Crippen LogP contribution in [0.1, 0.15) is 59.8 Å². The molecular formula is C15H31NO2. The Bertz CT molecular complexity index is 237. The quantitative estimate of drug-likeness (QED) is 0.796. The molecule has 1 saturated carbocycles. The standard InChI is InChI=1S/C15H31NO2/c1-5-11-7-6-8-12(9-11)18-13(10-17)14(16)15(2,3)4/h11-14,17H,5-10,16H2,1-4H3. The Morgan fingerprint density at radius 3 is 2.50 bits per heavy atom. The van der Waals surface area contributed by atoms with E-state index < -0.39 is 0 Å². The summed E-state index contributed by atoms with van der Waals surface area (Å²) in [6.07, 6.45) is 6.10. The van der Waals surface area contributed by atoms with E-state index in [1.807, 2.05) is 0 Å². The minimum absolute atomic E-state index is 0.0196. The first-order valence-electron chi connectivity index (χ1n) is 7.40. The van der Waals surface area contributed by atoms with Gasteiger partial charge in [-0.1, -0.05) is 47.0 Å². The number of aliphatic hydroxyl groups is 1. The van der Waals surface area contributed by atoms with Crippen LogP contribution >= 0.6 is 0 Å². The van der Waals surface area contributed by atoms with Gasteiger partial charge in [0.2, 0.25) is 0 Å². The second kappa shape index (κ2) is 6.88. The van der Waals surface area contributed by atoms with Crippen molar-refractivity contribution in [3.8, 4) is 0 Å². The summed E-state index contributed by atoms with van der Waals surface area (Å²) in [6, 6.07) is -0.121. The maximum absolute atomic E-state index is 9.51. The molecule has 4 unspecified atom stereocenters. The summed E-state index contributed by atoms with van der Waals surface area (Å²) < 4.78 is 6.09. The van der Waals surface area contributed by atoms with Gasteiger partial charge < -0.3 is 15.6 Å². The lowest BCUT2D eigenvalue weighted by Crippen LogP contribution is -2.49. The monoisotopic (exact) mass is 257 g/mol. The van der Waals surface area contributed by atoms with Crippen molar-refractivity contribution < 1.29 is 9.84 Å². The maximum atomic E-state index is 9.51. The van der Waals surface area contributed by atoms with Crippen molar-refractivity contribution in [3.05, 3.63) is 0 Å². The lowest BCUT2D eigenvalue weighted by atomic mass is 9.83. The molecule has 1 fully saturated rings. The molecule has 0 heterocycles. The summed E-state index contributed by atoms with van der Waals surface area (Å²) in [4.78, 5) is 0. The Morgan fingerprint density at radius 1 is 1.33 bits per heavy atom. The highest BCUT2D eigenvalue weighted by Gasteiger charge is 2.32. The number of rotatable bonds is 5. The van der Waals surface area contributed by atoms with E-state index in [-0.39, 0.29) is 30.3 Å². The maximum Gasteiger partial charge on any atom is 0.0964 e.